The van der Waals surface area contributed by atoms with Gasteiger partial charge in [-0.15, -0.1) is 0 Å². The van der Waals surface area contributed by atoms with Crippen LogP contribution >= 0.6 is 0 Å². The van der Waals surface area contributed by atoms with Crippen LogP contribution in [0, 0.1) is 18.6 Å². The van der Waals surface area contributed by atoms with E-state index in [2.05, 4.69) is 4.72 Å². The number of sulfonamides is 1. The van der Waals surface area contributed by atoms with Gasteiger partial charge in [-0.25, -0.2) is 17.2 Å². The minimum absolute atomic E-state index is 0.0765. The molecule has 4 nitrogen and oxygen atoms in total. The topological polar surface area (TPSA) is 72.2 Å². The zero-order valence-corrected chi connectivity index (χ0v) is 12.0. The fourth-order valence-electron chi connectivity index (χ4n) is 1.85. The summed E-state index contributed by atoms with van der Waals surface area (Å²) in [5.74, 6) is -1.42. The standard InChI is InChI=1S/C14H14F2N2O2S/c1-9-2-5-13(12(16)6-9)18-21(19,20)14-7-11(15)4-3-10(14)8-17/h2-7,18H,8,17H2,1H3. The number of hydrogen-bond donors (Lipinski definition) is 2. The summed E-state index contributed by atoms with van der Waals surface area (Å²) in [6, 6.07) is 7.34. The van der Waals surface area contributed by atoms with Gasteiger partial charge in [-0.1, -0.05) is 12.1 Å². The third-order valence-electron chi connectivity index (χ3n) is 2.91. The molecular formula is C14H14F2N2O2S. The highest BCUT2D eigenvalue weighted by Crippen LogP contribution is 2.23. The maximum atomic E-state index is 13.7. The average molecular weight is 312 g/mol. The number of aryl methyl sites for hydroxylation is 1. The number of nitrogens with two attached hydrogens (primary N) is 1. The van der Waals surface area contributed by atoms with E-state index in [1.54, 1.807) is 13.0 Å². The van der Waals surface area contributed by atoms with Crippen LogP contribution in [0.2, 0.25) is 0 Å². The van der Waals surface area contributed by atoms with Gasteiger partial charge < -0.3 is 5.73 Å². The van der Waals surface area contributed by atoms with Gasteiger partial charge in [-0.3, -0.25) is 4.72 Å². The molecule has 0 saturated carbocycles. The number of benzene rings is 2. The first-order valence-corrected chi connectivity index (χ1v) is 7.59. The molecule has 0 atom stereocenters. The molecule has 2 aromatic carbocycles. The molecule has 0 heterocycles. The van der Waals surface area contributed by atoms with Crippen molar-refractivity contribution in [1.82, 2.24) is 0 Å². The highest BCUT2D eigenvalue weighted by molar-refractivity contribution is 7.92. The van der Waals surface area contributed by atoms with Gasteiger partial charge in [0, 0.05) is 6.54 Å². The molecule has 0 aliphatic heterocycles. The lowest BCUT2D eigenvalue weighted by molar-refractivity contribution is 0.591. The average Bonchev–Trinajstić information content (AvgIpc) is 2.42. The summed E-state index contributed by atoms with van der Waals surface area (Å²) in [4.78, 5) is -0.301. The van der Waals surface area contributed by atoms with E-state index in [4.69, 9.17) is 5.73 Å². The van der Waals surface area contributed by atoms with Gasteiger partial charge in [-0.2, -0.15) is 0 Å². The minimum atomic E-state index is -4.12. The van der Waals surface area contributed by atoms with E-state index in [-0.39, 0.29) is 22.7 Å². The molecule has 3 N–H and O–H groups in total. The van der Waals surface area contributed by atoms with E-state index in [0.717, 1.165) is 12.1 Å². The second kappa shape index (κ2) is 5.79. The van der Waals surface area contributed by atoms with E-state index in [9.17, 15) is 17.2 Å². The quantitative estimate of drug-likeness (QED) is 0.911. The summed E-state index contributed by atoms with van der Waals surface area (Å²) in [6.45, 7) is 1.60. The lowest BCUT2D eigenvalue weighted by atomic mass is 10.2. The number of halogens is 2. The van der Waals surface area contributed by atoms with Crippen LogP contribution in [0.5, 0.6) is 0 Å². The normalized spacial score (nSPS) is 11.4. The van der Waals surface area contributed by atoms with E-state index in [1.807, 2.05) is 0 Å². The molecule has 21 heavy (non-hydrogen) atoms. The Morgan fingerprint density at radius 1 is 1.14 bits per heavy atom. The first-order chi connectivity index (χ1) is 9.83. The highest BCUT2D eigenvalue weighted by Gasteiger charge is 2.20. The molecule has 0 unspecified atom stereocenters. The Hall–Kier alpha value is -1.99. The Bertz CT molecular complexity index is 777. The van der Waals surface area contributed by atoms with Crippen molar-refractivity contribution in [2.45, 2.75) is 18.4 Å². The van der Waals surface area contributed by atoms with Crippen molar-refractivity contribution in [3.63, 3.8) is 0 Å². The van der Waals surface area contributed by atoms with Crippen LogP contribution in [0.25, 0.3) is 0 Å². The van der Waals surface area contributed by atoms with Crippen molar-refractivity contribution in [3.05, 3.63) is 59.2 Å². The van der Waals surface area contributed by atoms with Gasteiger partial charge in [0.25, 0.3) is 10.0 Å². The van der Waals surface area contributed by atoms with Crippen molar-refractivity contribution in [1.29, 1.82) is 0 Å². The fourth-order valence-corrected chi connectivity index (χ4v) is 3.18. The predicted molar refractivity (Wildman–Crippen MR) is 76.2 cm³/mol. The molecule has 112 valence electrons. The van der Waals surface area contributed by atoms with Crippen LogP contribution in [-0.2, 0) is 16.6 Å². The van der Waals surface area contributed by atoms with Crippen LogP contribution in [-0.4, -0.2) is 8.42 Å². The number of hydrogen-bond acceptors (Lipinski definition) is 3. The molecule has 0 radical (unpaired) electrons. The molecule has 2 rings (SSSR count). The lowest BCUT2D eigenvalue weighted by Gasteiger charge is -2.12. The van der Waals surface area contributed by atoms with Crippen LogP contribution in [0.4, 0.5) is 14.5 Å². The zero-order chi connectivity index (χ0) is 15.6. The number of rotatable bonds is 4. The van der Waals surface area contributed by atoms with Crippen molar-refractivity contribution in [2.75, 3.05) is 4.72 Å². The molecule has 7 heteroatoms. The van der Waals surface area contributed by atoms with Gasteiger partial charge in [0.15, 0.2) is 0 Å². The molecule has 0 aliphatic carbocycles. The van der Waals surface area contributed by atoms with Crippen LogP contribution in [0.1, 0.15) is 11.1 Å². The SMILES string of the molecule is Cc1ccc(NS(=O)(=O)c2cc(F)ccc2CN)c(F)c1. The van der Waals surface area contributed by atoms with Gasteiger partial charge >= 0.3 is 0 Å². The third-order valence-corrected chi connectivity index (χ3v) is 4.36. The Kier molecular flexibility index (Phi) is 4.24. The lowest BCUT2D eigenvalue weighted by Crippen LogP contribution is -2.17. The molecule has 0 aromatic heterocycles. The smallest absolute Gasteiger partial charge is 0.262 e. The van der Waals surface area contributed by atoms with E-state index in [1.165, 1.54) is 18.2 Å². The first-order valence-electron chi connectivity index (χ1n) is 6.11. The molecule has 0 aliphatic rings. The molecule has 0 amide bonds. The minimum Gasteiger partial charge on any atom is -0.326 e. The molecule has 0 saturated heterocycles. The molecule has 0 spiro atoms. The Balaban J connectivity index is 2.45. The van der Waals surface area contributed by atoms with Crippen molar-refractivity contribution in [2.24, 2.45) is 5.73 Å². The maximum absolute atomic E-state index is 13.7. The van der Waals surface area contributed by atoms with Crippen molar-refractivity contribution < 1.29 is 17.2 Å². The van der Waals surface area contributed by atoms with E-state index in [0.29, 0.717) is 5.56 Å². The van der Waals surface area contributed by atoms with Crippen molar-refractivity contribution >= 4 is 15.7 Å². The molecule has 0 fully saturated rings. The summed E-state index contributed by atoms with van der Waals surface area (Å²) in [5.41, 5.74) is 6.15. The number of nitrogens with one attached hydrogen (secondary N) is 1. The summed E-state index contributed by atoms with van der Waals surface area (Å²) in [7, 11) is -4.12. The van der Waals surface area contributed by atoms with Gasteiger partial charge in [0.2, 0.25) is 0 Å². The van der Waals surface area contributed by atoms with Gasteiger partial charge in [-0.05, 0) is 42.3 Å². The first kappa shape index (κ1) is 15.4. The predicted octanol–water partition coefficient (Wildman–Crippen LogP) is 2.53. The Morgan fingerprint density at radius 3 is 2.48 bits per heavy atom. The summed E-state index contributed by atoms with van der Waals surface area (Å²) < 4.78 is 53.7. The second-order valence-corrected chi connectivity index (χ2v) is 6.20. The second-order valence-electron chi connectivity index (χ2n) is 4.54. The summed E-state index contributed by atoms with van der Waals surface area (Å²) in [6.07, 6.45) is 0. The zero-order valence-electron chi connectivity index (χ0n) is 11.2. The Labute approximate surface area is 121 Å². The maximum Gasteiger partial charge on any atom is 0.262 e. The third kappa shape index (κ3) is 3.37. The summed E-state index contributed by atoms with van der Waals surface area (Å²) in [5, 5.41) is 0. The van der Waals surface area contributed by atoms with Crippen LogP contribution in [0.15, 0.2) is 41.3 Å². The fraction of sp³-hybridized carbons (Fsp3) is 0.143. The Morgan fingerprint density at radius 2 is 1.86 bits per heavy atom. The van der Waals surface area contributed by atoms with Crippen molar-refractivity contribution in [3.8, 4) is 0 Å². The summed E-state index contributed by atoms with van der Waals surface area (Å²) >= 11 is 0. The van der Waals surface area contributed by atoms with Gasteiger partial charge in [0.1, 0.15) is 11.6 Å². The van der Waals surface area contributed by atoms with Crippen LogP contribution < -0.4 is 10.5 Å². The molecule has 0 bridgehead atoms. The number of anilines is 1. The molecular weight excluding hydrogens is 298 g/mol. The largest absolute Gasteiger partial charge is 0.326 e. The monoisotopic (exact) mass is 312 g/mol. The van der Waals surface area contributed by atoms with Gasteiger partial charge in [0.05, 0.1) is 10.6 Å². The van der Waals surface area contributed by atoms with E-state index >= 15 is 0 Å². The highest BCUT2D eigenvalue weighted by atomic mass is 32.2. The van der Waals surface area contributed by atoms with E-state index < -0.39 is 21.7 Å². The molecule has 2 aromatic rings. The van der Waals surface area contributed by atoms with Crippen LogP contribution in [0.3, 0.4) is 0 Å².